The largest absolute Gasteiger partial charge is 0.336 e. The Morgan fingerprint density at radius 1 is 1.38 bits per heavy atom. The highest BCUT2D eigenvalue weighted by Crippen LogP contribution is 2.41. The van der Waals surface area contributed by atoms with Gasteiger partial charge < -0.3 is 15.1 Å². The number of nitrogens with zero attached hydrogens (tertiary/aromatic N) is 2. The molecule has 24 heavy (non-hydrogen) atoms. The Hall–Kier alpha value is -2.04. The molecular weight excluding hydrogens is 302 g/mol. The van der Waals surface area contributed by atoms with Crippen LogP contribution in [0.3, 0.4) is 0 Å². The average molecular weight is 329 g/mol. The summed E-state index contributed by atoms with van der Waals surface area (Å²) in [4.78, 5) is 28.8. The van der Waals surface area contributed by atoms with Crippen molar-refractivity contribution in [3.8, 4) is 0 Å². The normalized spacial score (nSPS) is 23.3. The van der Waals surface area contributed by atoms with Gasteiger partial charge in [0, 0.05) is 24.5 Å². The van der Waals surface area contributed by atoms with E-state index in [1.165, 1.54) is 11.1 Å². The van der Waals surface area contributed by atoms with Crippen LogP contribution in [0.4, 0.5) is 4.79 Å². The van der Waals surface area contributed by atoms with Crippen molar-refractivity contribution in [1.29, 1.82) is 0 Å². The highest BCUT2D eigenvalue weighted by molar-refractivity contribution is 5.86. The fourth-order valence-corrected chi connectivity index (χ4v) is 3.74. The van der Waals surface area contributed by atoms with Crippen LogP contribution in [0.2, 0.25) is 0 Å². The van der Waals surface area contributed by atoms with Crippen LogP contribution < -0.4 is 5.32 Å². The van der Waals surface area contributed by atoms with Gasteiger partial charge in [-0.15, -0.1) is 0 Å². The monoisotopic (exact) mass is 329 g/mol. The van der Waals surface area contributed by atoms with Crippen molar-refractivity contribution >= 4 is 11.9 Å². The quantitative estimate of drug-likeness (QED) is 0.907. The lowest BCUT2D eigenvalue weighted by molar-refractivity contribution is -0.140. The summed E-state index contributed by atoms with van der Waals surface area (Å²) in [6.45, 7) is 9.79. The number of hydrogen-bond acceptors (Lipinski definition) is 2. The first kappa shape index (κ1) is 16.8. The Morgan fingerprint density at radius 2 is 2.08 bits per heavy atom. The smallest absolute Gasteiger partial charge is 0.318 e. The van der Waals surface area contributed by atoms with Crippen LogP contribution in [-0.4, -0.2) is 47.4 Å². The molecule has 3 amide bonds. The molecule has 5 heteroatoms. The molecule has 0 saturated carbocycles. The molecule has 1 N–H and O–H groups in total. The zero-order valence-electron chi connectivity index (χ0n) is 15.0. The molecule has 2 aliphatic heterocycles. The third-order valence-electron chi connectivity index (χ3n) is 5.30. The summed E-state index contributed by atoms with van der Waals surface area (Å²) in [6.07, 6.45) is 0.875. The zero-order chi connectivity index (χ0) is 17.5. The lowest BCUT2D eigenvalue weighted by atomic mass is 9.75. The standard InChI is InChI=1S/C19H27N3O2/c1-5-13(2)20-18(24)21-10-16-14-8-6-7-9-15(14)19(3,4)12-22(16)17(23)11-21/h6-9,13,16H,5,10-12H2,1-4H3,(H,20,24). The van der Waals surface area contributed by atoms with E-state index in [0.717, 1.165) is 6.42 Å². The first-order valence-corrected chi connectivity index (χ1v) is 8.78. The number of carbonyl (C=O) groups excluding carboxylic acids is 2. The van der Waals surface area contributed by atoms with E-state index in [0.29, 0.717) is 13.1 Å². The summed E-state index contributed by atoms with van der Waals surface area (Å²) < 4.78 is 0. The molecule has 1 saturated heterocycles. The maximum absolute atomic E-state index is 12.7. The minimum Gasteiger partial charge on any atom is -0.336 e. The summed E-state index contributed by atoms with van der Waals surface area (Å²) in [5.41, 5.74) is 2.38. The second kappa shape index (κ2) is 6.11. The molecule has 1 fully saturated rings. The summed E-state index contributed by atoms with van der Waals surface area (Å²) >= 11 is 0. The van der Waals surface area contributed by atoms with Gasteiger partial charge in [0.05, 0.1) is 6.04 Å². The van der Waals surface area contributed by atoms with Crippen molar-refractivity contribution in [2.45, 2.75) is 51.6 Å². The molecule has 0 aromatic heterocycles. The fourth-order valence-electron chi connectivity index (χ4n) is 3.74. The second-order valence-electron chi connectivity index (χ2n) is 7.65. The van der Waals surface area contributed by atoms with Crippen LogP contribution in [0.5, 0.6) is 0 Å². The van der Waals surface area contributed by atoms with Crippen LogP contribution in [0.25, 0.3) is 0 Å². The molecule has 0 radical (unpaired) electrons. The van der Waals surface area contributed by atoms with E-state index in [9.17, 15) is 9.59 Å². The number of amides is 3. The Balaban J connectivity index is 1.88. The number of benzene rings is 1. The zero-order valence-corrected chi connectivity index (χ0v) is 15.0. The van der Waals surface area contributed by atoms with Crippen molar-refractivity contribution < 1.29 is 9.59 Å². The van der Waals surface area contributed by atoms with E-state index < -0.39 is 0 Å². The van der Waals surface area contributed by atoms with Gasteiger partial charge >= 0.3 is 6.03 Å². The van der Waals surface area contributed by atoms with Gasteiger partial charge in [-0.25, -0.2) is 4.79 Å². The topological polar surface area (TPSA) is 52.7 Å². The molecule has 0 spiro atoms. The van der Waals surface area contributed by atoms with Crippen molar-refractivity contribution in [2.24, 2.45) is 0 Å². The van der Waals surface area contributed by atoms with Gasteiger partial charge in [0.2, 0.25) is 5.91 Å². The lowest BCUT2D eigenvalue weighted by Crippen LogP contribution is -2.60. The first-order chi connectivity index (χ1) is 11.3. The average Bonchev–Trinajstić information content (AvgIpc) is 2.55. The maximum atomic E-state index is 12.7. The molecule has 1 aromatic rings. The van der Waals surface area contributed by atoms with Crippen molar-refractivity contribution in [1.82, 2.24) is 15.1 Å². The minimum absolute atomic E-state index is 0.0353. The number of fused-ring (bicyclic) bond motifs is 3. The van der Waals surface area contributed by atoms with Gasteiger partial charge in [0.1, 0.15) is 6.54 Å². The first-order valence-electron chi connectivity index (χ1n) is 8.78. The van der Waals surface area contributed by atoms with E-state index in [2.05, 4.69) is 31.3 Å². The molecule has 2 aliphatic rings. The van der Waals surface area contributed by atoms with E-state index in [1.807, 2.05) is 30.9 Å². The molecule has 2 unspecified atom stereocenters. The summed E-state index contributed by atoms with van der Waals surface area (Å²) in [5.74, 6) is 0.0353. The summed E-state index contributed by atoms with van der Waals surface area (Å²) in [6, 6.07) is 8.24. The molecule has 5 nitrogen and oxygen atoms in total. The Labute approximate surface area is 144 Å². The third-order valence-corrected chi connectivity index (χ3v) is 5.30. The van der Waals surface area contributed by atoms with E-state index >= 15 is 0 Å². The number of piperazine rings is 1. The highest BCUT2D eigenvalue weighted by atomic mass is 16.2. The van der Waals surface area contributed by atoms with E-state index in [-0.39, 0.29) is 36.0 Å². The summed E-state index contributed by atoms with van der Waals surface area (Å²) in [5, 5.41) is 2.97. The SMILES string of the molecule is CCC(C)NC(=O)N1CC(=O)N2CC(C)(C)c3ccccc3C2C1. The second-order valence-corrected chi connectivity index (χ2v) is 7.65. The van der Waals surface area contributed by atoms with Gasteiger partial charge in [-0.3, -0.25) is 4.79 Å². The van der Waals surface area contributed by atoms with Crippen molar-refractivity contribution in [2.75, 3.05) is 19.6 Å². The van der Waals surface area contributed by atoms with Gasteiger partial charge in [-0.2, -0.15) is 0 Å². The molecule has 0 aliphatic carbocycles. The van der Waals surface area contributed by atoms with Gasteiger partial charge in [-0.05, 0) is 24.5 Å². The lowest BCUT2D eigenvalue weighted by Gasteiger charge is -2.49. The van der Waals surface area contributed by atoms with Crippen LogP contribution in [0.15, 0.2) is 24.3 Å². The predicted molar refractivity (Wildman–Crippen MR) is 93.8 cm³/mol. The third kappa shape index (κ3) is 2.87. The molecular formula is C19H27N3O2. The highest BCUT2D eigenvalue weighted by Gasteiger charge is 2.44. The van der Waals surface area contributed by atoms with Crippen LogP contribution in [-0.2, 0) is 10.2 Å². The Kier molecular flexibility index (Phi) is 4.28. The van der Waals surface area contributed by atoms with E-state index in [4.69, 9.17) is 0 Å². The van der Waals surface area contributed by atoms with Crippen LogP contribution in [0.1, 0.15) is 51.3 Å². The molecule has 3 rings (SSSR count). The molecule has 2 atom stereocenters. The molecule has 0 bridgehead atoms. The van der Waals surface area contributed by atoms with Crippen LogP contribution in [0, 0.1) is 0 Å². The number of rotatable bonds is 2. The number of hydrogen-bond donors (Lipinski definition) is 1. The fraction of sp³-hybridized carbons (Fsp3) is 0.579. The molecule has 1 aromatic carbocycles. The van der Waals surface area contributed by atoms with Crippen LogP contribution >= 0.6 is 0 Å². The van der Waals surface area contributed by atoms with Crippen molar-refractivity contribution in [3.05, 3.63) is 35.4 Å². The molecule has 2 heterocycles. The van der Waals surface area contributed by atoms with Gasteiger partial charge in [0.25, 0.3) is 0 Å². The number of carbonyl (C=O) groups is 2. The maximum Gasteiger partial charge on any atom is 0.318 e. The predicted octanol–water partition coefficient (Wildman–Crippen LogP) is 2.67. The summed E-state index contributed by atoms with van der Waals surface area (Å²) in [7, 11) is 0. The Bertz CT molecular complexity index is 656. The Morgan fingerprint density at radius 3 is 2.79 bits per heavy atom. The minimum atomic E-state index is -0.139. The van der Waals surface area contributed by atoms with Gasteiger partial charge in [-0.1, -0.05) is 45.0 Å². The van der Waals surface area contributed by atoms with Crippen molar-refractivity contribution in [3.63, 3.8) is 0 Å². The van der Waals surface area contributed by atoms with Gasteiger partial charge in [0.15, 0.2) is 0 Å². The van der Waals surface area contributed by atoms with E-state index in [1.54, 1.807) is 4.90 Å². The number of nitrogens with one attached hydrogen (secondary N) is 1. The number of urea groups is 1. The molecule has 130 valence electrons.